The van der Waals surface area contributed by atoms with E-state index in [-0.39, 0.29) is 5.54 Å². The van der Waals surface area contributed by atoms with E-state index in [1.165, 1.54) is 0 Å². The second-order valence-electron chi connectivity index (χ2n) is 6.94. The summed E-state index contributed by atoms with van der Waals surface area (Å²) in [6.07, 6.45) is 2.63. The number of rotatable bonds is 2. The minimum atomic E-state index is -0.442. The van der Waals surface area contributed by atoms with Crippen molar-refractivity contribution in [1.29, 1.82) is 0 Å². The molecule has 0 fully saturated rings. The topological polar surface area (TPSA) is 25.2 Å². The van der Waals surface area contributed by atoms with Crippen LogP contribution in [0.3, 0.4) is 0 Å². The molecule has 0 saturated heterocycles. The van der Waals surface area contributed by atoms with Crippen molar-refractivity contribution in [3.63, 3.8) is 0 Å². The highest BCUT2D eigenvalue weighted by atomic mass is 19.1. The Balaban J connectivity index is 1.94. The monoisotopic (exact) mass is 318 g/mol. The lowest BCUT2D eigenvalue weighted by molar-refractivity contribution is 0.469. The fourth-order valence-corrected chi connectivity index (χ4v) is 3.45. The van der Waals surface area contributed by atoms with Crippen molar-refractivity contribution in [3.05, 3.63) is 77.0 Å². The van der Waals surface area contributed by atoms with Crippen LogP contribution in [-0.4, -0.2) is 16.2 Å². The first-order chi connectivity index (χ1) is 11.6. The van der Waals surface area contributed by atoms with Crippen LogP contribution in [0.15, 0.2) is 59.7 Å². The molecule has 2 nitrogen and oxygen atoms in total. The van der Waals surface area contributed by atoms with E-state index in [1.807, 2.05) is 42.6 Å². The number of fused-ring (bicyclic) bond motifs is 2. The third kappa shape index (κ3) is 2.50. The quantitative estimate of drug-likeness (QED) is 0.661. The molecule has 2 heterocycles. The average Bonchev–Trinajstić information content (AvgIpc) is 2.59. The molecule has 1 aliphatic heterocycles. The summed E-state index contributed by atoms with van der Waals surface area (Å²) in [5.74, 6) is 0. The number of para-hydroxylation sites is 1. The van der Waals surface area contributed by atoms with Gasteiger partial charge in [-0.3, -0.25) is 9.98 Å². The number of benzene rings is 2. The Morgan fingerprint density at radius 1 is 1.08 bits per heavy atom. The SMILES string of the molecule is CC1(C)Cc2c(CF)cccc2C(c2cnc3ccccc3c2)=N1. The highest BCUT2D eigenvalue weighted by Gasteiger charge is 2.29. The number of pyridine rings is 1. The van der Waals surface area contributed by atoms with Crippen LogP contribution < -0.4 is 0 Å². The Labute approximate surface area is 141 Å². The summed E-state index contributed by atoms with van der Waals surface area (Å²) < 4.78 is 13.5. The van der Waals surface area contributed by atoms with Gasteiger partial charge in [-0.15, -0.1) is 0 Å². The average molecular weight is 318 g/mol. The molecule has 0 saturated carbocycles. The molecule has 0 spiro atoms. The first kappa shape index (κ1) is 15.0. The van der Waals surface area contributed by atoms with Crippen LogP contribution in [0.5, 0.6) is 0 Å². The molecule has 4 rings (SSSR count). The molecular formula is C21H19FN2. The van der Waals surface area contributed by atoms with Crippen LogP contribution >= 0.6 is 0 Å². The second kappa shape index (κ2) is 5.52. The molecule has 0 N–H and O–H groups in total. The van der Waals surface area contributed by atoms with Crippen LogP contribution in [0, 0.1) is 0 Å². The summed E-state index contributed by atoms with van der Waals surface area (Å²) in [5, 5.41) is 1.09. The molecule has 0 aliphatic carbocycles. The molecule has 120 valence electrons. The Morgan fingerprint density at radius 2 is 1.92 bits per heavy atom. The smallest absolute Gasteiger partial charge is 0.115 e. The van der Waals surface area contributed by atoms with Crippen LogP contribution in [0.1, 0.15) is 36.1 Å². The van der Waals surface area contributed by atoms with Gasteiger partial charge in [-0.2, -0.15) is 0 Å². The molecule has 24 heavy (non-hydrogen) atoms. The predicted molar refractivity (Wildman–Crippen MR) is 96.4 cm³/mol. The number of aliphatic imine (C=N–C) groups is 1. The lowest BCUT2D eigenvalue weighted by atomic mass is 9.83. The maximum atomic E-state index is 13.5. The lowest BCUT2D eigenvalue weighted by Gasteiger charge is -2.30. The van der Waals surface area contributed by atoms with E-state index < -0.39 is 6.67 Å². The molecule has 0 radical (unpaired) electrons. The summed E-state index contributed by atoms with van der Waals surface area (Å²) in [7, 11) is 0. The van der Waals surface area contributed by atoms with E-state index in [0.29, 0.717) is 0 Å². The van der Waals surface area contributed by atoms with Gasteiger partial charge in [0.15, 0.2) is 0 Å². The first-order valence-corrected chi connectivity index (χ1v) is 8.19. The summed E-state index contributed by atoms with van der Waals surface area (Å²) in [6, 6.07) is 16.0. The van der Waals surface area contributed by atoms with Gasteiger partial charge in [0.05, 0.1) is 16.8 Å². The van der Waals surface area contributed by atoms with E-state index >= 15 is 0 Å². The summed E-state index contributed by atoms with van der Waals surface area (Å²) >= 11 is 0. The minimum Gasteiger partial charge on any atom is -0.278 e. The zero-order valence-corrected chi connectivity index (χ0v) is 13.9. The summed E-state index contributed by atoms with van der Waals surface area (Å²) in [5.41, 5.74) is 5.48. The van der Waals surface area contributed by atoms with Gasteiger partial charge in [0.25, 0.3) is 0 Å². The van der Waals surface area contributed by atoms with Gasteiger partial charge in [-0.1, -0.05) is 36.4 Å². The van der Waals surface area contributed by atoms with Crippen LogP contribution in [0.25, 0.3) is 10.9 Å². The van der Waals surface area contributed by atoms with Crippen molar-refractivity contribution in [3.8, 4) is 0 Å². The molecule has 0 amide bonds. The maximum absolute atomic E-state index is 13.5. The largest absolute Gasteiger partial charge is 0.278 e. The number of nitrogens with zero attached hydrogens (tertiary/aromatic N) is 2. The highest BCUT2D eigenvalue weighted by Crippen LogP contribution is 2.32. The van der Waals surface area contributed by atoms with E-state index in [2.05, 4.69) is 31.0 Å². The van der Waals surface area contributed by atoms with Crippen molar-refractivity contribution >= 4 is 16.6 Å². The molecule has 0 atom stereocenters. The standard InChI is InChI=1S/C21H19FN2/c1-21(2)11-18-15(12-22)7-5-8-17(18)20(24-21)16-10-14-6-3-4-9-19(14)23-13-16/h3-10,13H,11-12H2,1-2H3. The number of aromatic nitrogens is 1. The number of alkyl halides is 1. The zero-order valence-electron chi connectivity index (χ0n) is 13.9. The van der Waals surface area contributed by atoms with Gasteiger partial charge >= 0.3 is 0 Å². The van der Waals surface area contributed by atoms with Crippen molar-refractivity contribution in [2.75, 3.05) is 0 Å². The molecule has 1 aromatic heterocycles. The third-order valence-electron chi connectivity index (χ3n) is 4.56. The molecule has 0 unspecified atom stereocenters. The number of hydrogen-bond acceptors (Lipinski definition) is 2. The van der Waals surface area contributed by atoms with E-state index in [9.17, 15) is 4.39 Å². The Morgan fingerprint density at radius 3 is 2.75 bits per heavy atom. The molecular weight excluding hydrogens is 299 g/mol. The van der Waals surface area contributed by atoms with Crippen LogP contribution in [0.4, 0.5) is 4.39 Å². The molecule has 0 bridgehead atoms. The third-order valence-corrected chi connectivity index (χ3v) is 4.56. The Bertz CT molecular complexity index is 957. The van der Waals surface area contributed by atoms with E-state index in [1.54, 1.807) is 0 Å². The number of halogens is 1. The van der Waals surface area contributed by atoms with Gasteiger partial charge in [0.2, 0.25) is 0 Å². The molecule has 2 aromatic carbocycles. The maximum Gasteiger partial charge on any atom is 0.115 e. The Hall–Kier alpha value is -2.55. The van der Waals surface area contributed by atoms with Crippen LogP contribution in [-0.2, 0) is 13.1 Å². The van der Waals surface area contributed by atoms with Gasteiger partial charge in [-0.25, -0.2) is 4.39 Å². The van der Waals surface area contributed by atoms with E-state index in [4.69, 9.17) is 4.99 Å². The fourth-order valence-electron chi connectivity index (χ4n) is 3.45. The highest BCUT2D eigenvalue weighted by molar-refractivity contribution is 6.15. The van der Waals surface area contributed by atoms with Crippen molar-refractivity contribution in [2.45, 2.75) is 32.5 Å². The molecule has 3 heteroatoms. The van der Waals surface area contributed by atoms with Crippen LogP contribution in [0.2, 0.25) is 0 Å². The minimum absolute atomic E-state index is 0.251. The molecule has 3 aromatic rings. The normalized spacial score (nSPS) is 15.9. The van der Waals surface area contributed by atoms with Gasteiger partial charge in [0, 0.05) is 22.7 Å². The summed E-state index contributed by atoms with van der Waals surface area (Å²) in [6.45, 7) is 3.75. The molecule has 1 aliphatic rings. The predicted octanol–water partition coefficient (Wildman–Crippen LogP) is 4.88. The van der Waals surface area contributed by atoms with Crippen molar-refractivity contribution in [1.82, 2.24) is 4.98 Å². The first-order valence-electron chi connectivity index (χ1n) is 8.19. The van der Waals surface area contributed by atoms with Gasteiger partial charge in [0.1, 0.15) is 6.67 Å². The zero-order chi connectivity index (χ0) is 16.7. The number of hydrogen-bond donors (Lipinski definition) is 0. The Kier molecular flexibility index (Phi) is 3.45. The van der Waals surface area contributed by atoms with Crippen molar-refractivity contribution < 1.29 is 4.39 Å². The second-order valence-corrected chi connectivity index (χ2v) is 6.94. The van der Waals surface area contributed by atoms with Gasteiger partial charge < -0.3 is 0 Å². The summed E-state index contributed by atoms with van der Waals surface area (Å²) in [4.78, 5) is 9.53. The fraction of sp³-hybridized carbons (Fsp3) is 0.238. The van der Waals surface area contributed by atoms with Crippen molar-refractivity contribution in [2.24, 2.45) is 4.99 Å². The lowest BCUT2D eigenvalue weighted by Crippen LogP contribution is -2.30. The van der Waals surface area contributed by atoms with E-state index in [0.717, 1.165) is 45.3 Å². The van der Waals surface area contributed by atoms with Gasteiger partial charge in [-0.05, 0) is 43.5 Å².